The Kier molecular flexibility index (Phi) is 3.67. The number of ether oxygens (including phenoxy) is 1. The molecule has 1 saturated heterocycles. The molecule has 162 valence electrons. The Morgan fingerprint density at radius 1 is 1.10 bits per heavy atom. The highest BCUT2D eigenvalue weighted by Gasteiger charge is 2.80. The molecule has 0 amide bonds. The molecule has 30 heavy (non-hydrogen) atoms. The van der Waals surface area contributed by atoms with E-state index in [4.69, 9.17) is 4.74 Å². The number of hydrogen-bond acceptors (Lipinski definition) is 4. The van der Waals surface area contributed by atoms with Crippen LogP contribution < -0.4 is 0 Å². The minimum atomic E-state index is -0.123. The Bertz CT molecular complexity index is 832. The topological polar surface area (TPSA) is 55.7 Å². The summed E-state index contributed by atoms with van der Waals surface area (Å²) in [5, 5.41) is 3.40. The summed E-state index contributed by atoms with van der Waals surface area (Å²) >= 11 is 0. The number of rotatable bonds is 3. The molecule has 0 N–H and O–H groups in total. The molecule has 0 aromatic carbocycles. The molecule has 7 rings (SSSR count). The molecule has 1 heterocycles. The number of carbonyl (C=O) groups is 1. The summed E-state index contributed by atoms with van der Waals surface area (Å²) in [5.41, 5.74) is 1.71. The van der Waals surface area contributed by atoms with Crippen LogP contribution in [-0.2, 0) is 9.53 Å². The van der Waals surface area contributed by atoms with Crippen LogP contribution in [-0.4, -0.2) is 17.6 Å². The van der Waals surface area contributed by atoms with E-state index < -0.39 is 0 Å². The van der Waals surface area contributed by atoms with Gasteiger partial charge in [0.05, 0.1) is 0 Å². The van der Waals surface area contributed by atoms with Gasteiger partial charge >= 0.3 is 5.97 Å². The molecule has 4 nitrogen and oxygen atoms in total. The van der Waals surface area contributed by atoms with Crippen molar-refractivity contribution in [3.63, 3.8) is 0 Å². The minimum Gasteiger partial charge on any atom is -0.458 e. The Hall–Kier alpha value is -1.19. The molecule has 7 unspecified atom stereocenters. The second-order valence-electron chi connectivity index (χ2n) is 12.0. The third-order valence-corrected chi connectivity index (χ3v) is 11.3. The van der Waals surface area contributed by atoms with Gasteiger partial charge in [0, 0.05) is 17.8 Å². The molecule has 0 bridgehead atoms. The van der Waals surface area contributed by atoms with Crippen LogP contribution in [0.1, 0.15) is 77.6 Å². The Morgan fingerprint density at radius 3 is 2.67 bits per heavy atom. The first-order valence-electron chi connectivity index (χ1n) is 12.9. The second kappa shape index (κ2) is 5.98. The van der Waals surface area contributed by atoms with E-state index in [0.717, 1.165) is 48.3 Å². The van der Waals surface area contributed by atoms with E-state index in [1.807, 2.05) is 0 Å². The zero-order valence-corrected chi connectivity index (χ0v) is 18.2. The van der Waals surface area contributed by atoms with Crippen LogP contribution in [0.15, 0.2) is 16.8 Å². The minimum absolute atomic E-state index is 0.0727. The molecular weight excluding hydrogens is 374 g/mol. The van der Waals surface area contributed by atoms with E-state index in [9.17, 15) is 9.70 Å². The number of nitroso groups, excluding NO2 is 1. The van der Waals surface area contributed by atoms with E-state index in [1.165, 1.54) is 51.4 Å². The van der Waals surface area contributed by atoms with Gasteiger partial charge in [0.2, 0.25) is 0 Å². The predicted molar refractivity (Wildman–Crippen MR) is 113 cm³/mol. The molecule has 0 aromatic heterocycles. The Morgan fingerprint density at radius 2 is 1.97 bits per heavy atom. The number of fused-ring (bicyclic) bond motifs is 9. The Labute approximate surface area is 179 Å². The first-order valence-corrected chi connectivity index (χ1v) is 12.9. The number of hydrogen-bond donors (Lipinski definition) is 0. The highest BCUT2D eigenvalue weighted by atomic mass is 16.6. The normalized spacial score (nSPS) is 55.8. The van der Waals surface area contributed by atoms with E-state index in [1.54, 1.807) is 5.57 Å². The predicted octanol–water partition coefficient (Wildman–Crippen LogP) is 5.65. The standard InChI is InChI=1S/C26H35NO3/c1-2-25-9-7-18-17-6-5-16(27-29)11-15(17)12-19(14-3-4-14)23(18)24(25)20-13-21(20)26(25)10-8-22(28)30-26/h11,14,16-21,23-24H,2-10,12-13H2,1H3/t16?,17-,18?,19?,20?,21?,23?,24?,25-,26-/m0/s1. The van der Waals surface area contributed by atoms with Crippen LogP contribution in [0.3, 0.4) is 0 Å². The van der Waals surface area contributed by atoms with Crippen molar-refractivity contribution in [3.05, 3.63) is 16.6 Å². The maximum atomic E-state index is 12.3. The van der Waals surface area contributed by atoms with Crippen molar-refractivity contribution in [2.45, 2.75) is 89.2 Å². The lowest BCUT2D eigenvalue weighted by atomic mass is 9.45. The van der Waals surface area contributed by atoms with Crippen molar-refractivity contribution in [1.82, 2.24) is 0 Å². The van der Waals surface area contributed by atoms with E-state index in [-0.39, 0.29) is 23.0 Å². The van der Waals surface area contributed by atoms with E-state index in [0.29, 0.717) is 18.3 Å². The third kappa shape index (κ3) is 2.12. The number of nitrogens with zero attached hydrogens (tertiary/aromatic N) is 1. The average molecular weight is 410 g/mol. The summed E-state index contributed by atoms with van der Waals surface area (Å²) in [6.45, 7) is 2.40. The van der Waals surface area contributed by atoms with Gasteiger partial charge in [0.25, 0.3) is 0 Å². The number of carbonyl (C=O) groups excluding carboxylic acids is 1. The average Bonchev–Trinajstić information content (AvgIpc) is 3.69. The fraction of sp³-hybridized carbons (Fsp3) is 0.885. The van der Waals surface area contributed by atoms with Crippen LogP contribution in [0.2, 0.25) is 0 Å². The molecule has 6 aliphatic carbocycles. The van der Waals surface area contributed by atoms with Crippen LogP contribution in [0, 0.1) is 57.7 Å². The summed E-state index contributed by atoms with van der Waals surface area (Å²) < 4.78 is 6.36. The maximum absolute atomic E-state index is 12.3. The van der Waals surface area contributed by atoms with Gasteiger partial charge in [0.1, 0.15) is 11.6 Å². The second-order valence-corrected chi connectivity index (χ2v) is 12.0. The highest BCUT2D eigenvalue weighted by Crippen LogP contribution is 2.80. The largest absolute Gasteiger partial charge is 0.458 e. The summed E-state index contributed by atoms with van der Waals surface area (Å²) in [4.78, 5) is 23.6. The third-order valence-electron chi connectivity index (χ3n) is 11.3. The van der Waals surface area contributed by atoms with Crippen molar-refractivity contribution in [2.24, 2.45) is 57.9 Å². The van der Waals surface area contributed by atoms with Gasteiger partial charge in [-0.15, -0.1) is 0 Å². The molecule has 0 aromatic rings. The highest BCUT2D eigenvalue weighted by molar-refractivity contribution is 5.73. The molecule has 10 atom stereocenters. The monoisotopic (exact) mass is 409 g/mol. The molecule has 5 saturated carbocycles. The van der Waals surface area contributed by atoms with Gasteiger partial charge in [0.15, 0.2) is 0 Å². The molecular formula is C26H35NO3. The summed E-state index contributed by atoms with van der Waals surface area (Å²) in [7, 11) is 0. The van der Waals surface area contributed by atoms with E-state index in [2.05, 4.69) is 18.2 Å². The van der Waals surface area contributed by atoms with Crippen LogP contribution in [0.25, 0.3) is 0 Å². The summed E-state index contributed by atoms with van der Waals surface area (Å²) in [6, 6.07) is -0.0774. The van der Waals surface area contributed by atoms with Crippen molar-refractivity contribution < 1.29 is 9.53 Å². The number of esters is 1. The van der Waals surface area contributed by atoms with Crippen molar-refractivity contribution in [3.8, 4) is 0 Å². The fourth-order valence-corrected chi connectivity index (χ4v) is 10.3. The molecule has 1 spiro atoms. The van der Waals surface area contributed by atoms with Crippen LogP contribution >= 0.6 is 0 Å². The van der Waals surface area contributed by atoms with Crippen molar-refractivity contribution in [1.29, 1.82) is 0 Å². The van der Waals surface area contributed by atoms with Crippen LogP contribution in [0.5, 0.6) is 0 Å². The molecule has 0 radical (unpaired) electrons. The Balaban J connectivity index is 1.31. The van der Waals surface area contributed by atoms with Gasteiger partial charge < -0.3 is 4.74 Å². The van der Waals surface area contributed by atoms with Gasteiger partial charge in [-0.05, 0) is 106 Å². The molecule has 7 aliphatic rings. The molecule has 4 heteroatoms. The lowest BCUT2D eigenvalue weighted by Crippen LogP contribution is -2.58. The molecule has 1 aliphatic heterocycles. The summed E-state index contributed by atoms with van der Waals surface area (Å²) in [5.74, 6) is 6.31. The number of allylic oxidation sites excluding steroid dienone is 1. The summed E-state index contributed by atoms with van der Waals surface area (Å²) in [6.07, 6.45) is 15.1. The van der Waals surface area contributed by atoms with Gasteiger partial charge in [-0.3, -0.25) is 4.79 Å². The zero-order valence-electron chi connectivity index (χ0n) is 18.2. The lowest BCUT2D eigenvalue weighted by molar-refractivity contribution is -0.183. The van der Waals surface area contributed by atoms with Crippen molar-refractivity contribution in [2.75, 3.05) is 0 Å². The SMILES string of the molecule is CC[C@]12CCC3C(C(C4CC4)CC4=CC(N=O)CC[C@@H]43)C1C1CC1[C@@]21CCC(=O)O1. The first-order chi connectivity index (χ1) is 14.6. The van der Waals surface area contributed by atoms with Gasteiger partial charge in [-0.2, -0.15) is 4.91 Å². The fourth-order valence-electron chi connectivity index (χ4n) is 10.3. The van der Waals surface area contributed by atoms with E-state index >= 15 is 0 Å². The maximum Gasteiger partial charge on any atom is 0.306 e. The van der Waals surface area contributed by atoms with Gasteiger partial charge in [-0.25, -0.2) is 0 Å². The van der Waals surface area contributed by atoms with Crippen molar-refractivity contribution >= 4 is 5.97 Å². The zero-order chi connectivity index (χ0) is 20.3. The first kappa shape index (κ1) is 18.4. The lowest BCUT2D eigenvalue weighted by Gasteiger charge is -2.60. The van der Waals surface area contributed by atoms with Gasteiger partial charge in [-0.1, -0.05) is 23.7 Å². The smallest absolute Gasteiger partial charge is 0.306 e. The van der Waals surface area contributed by atoms with Crippen LogP contribution in [0.4, 0.5) is 0 Å². The quantitative estimate of drug-likeness (QED) is 0.344. The molecule has 6 fully saturated rings.